The Morgan fingerprint density at radius 1 is 1.13 bits per heavy atom. The normalized spacial score (nSPS) is 31.1. The van der Waals surface area contributed by atoms with Gasteiger partial charge in [0.15, 0.2) is 0 Å². The van der Waals surface area contributed by atoms with Gasteiger partial charge in [0.05, 0.1) is 18.7 Å². The van der Waals surface area contributed by atoms with E-state index >= 15 is 0 Å². The first kappa shape index (κ1) is 15.2. The number of cyclic esters (lactones) is 1. The average molecular weight is 317 g/mol. The van der Waals surface area contributed by atoms with E-state index in [1.54, 1.807) is 0 Å². The Balaban J connectivity index is 1.51. The van der Waals surface area contributed by atoms with Crippen LogP contribution in [0.3, 0.4) is 0 Å². The van der Waals surface area contributed by atoms with E-state index in [9.17, 15) is 4.79 Å². The van der Waals surface area contributed by atoms with Gasteiger partial charge in [0.1, 0.15) is 5.76 Å². The van der Waals surface area contributed by atoms with Crippen LogP contribution in [-0.4, -0.2) is 17.7 Å². The molecule has 2 heterocycles. The van der Waals surface area contributed by atoms with E-state index in [1.165, 1.54) is 37.7 Å². The van der Waals surface area contributed by atoms with Gasteiger partial charge in [-0.3, -0.25) is 4.79 Å². The Morgan fingerprint density at radius 2 is 1.91 bits per heavy atom. The summed E-state index contributed by atoms with van der Waals surface area (Å²) in [6.45, 7) is 5.13. The molecule has 1 atom stereocenters. The van der Waals surface area contributed by atoms with E-state index in [2.05, 4.69) is 19.0 Å². The van der Waals surface area contributed by atoms with Gasteiger partial charge >= 0.3 is 5.97 Å². The molecule has 3 fully saturated rings. The van der Waals surface area contributed by atoms with Crippen LogP contribution >= 0.6 is 0 Å². The number of hydrogen-bond donors (Lipinski definition) is 0. The van der Waals surface area contributed by atoms with E-state index in [4.69, 9.17) is 9.26 Å². The van der Waals surface area contributed by atoms with Crippen LogP contribution in [0.2, 0.25) is 0 Å². The van der Waals surface area contributed by atoms with Gasteiger partial charge in [-0.15, -0.1) is 0 Å². The fourth-order valence-electron chi connectivity index (χ4n) is 4.41. The van der Waals surface area contributed by atoms with Crippen LogP contribution in [-0.2, 0) is 9.53 Å². The van der Waals surface area contributed by atoms with Gasteiger partial charge in [-0.1, -0.05) is 19.0 Å². The summed E-state index contributed by atoms with van der Waals surface area (Å²) in [7, 11) is 0. The highest BCUT2D eigenvalue weighted by Crippen LogP contribution is 2.52. The van der Waals surface area contributed by atoms with Gasteiger partial charge in [-0.2, -0.15) is 0 Å². The number of carbonyl (C=O) groups is 1. The maximum atomic E-state index is 11.6. The molecule has 1 aromatic heterocycles. The zero-order valence-corrected chi connectivity index (χ0v) is 14.2. The lowest BCUT2D eigenvalue weighted by atomic mass is 9.69. The highest BCUT2D eigenvalue weighted by atomic mass is 16.5. The minimum absolute atomic E-state index is 0.0896. The lowest BCUT2D eigenvalue weighted by Gasteiger charge is -2.35. The summed E-state index contributed by atoms with van der Waals surface area (Å²) in [6.07, 6.45) is 7.68. The monoisotopic (exact) mass is 317 g/mol. The van der Waals surface area contributed by atoms with E-state index in [0.717, 1.165) is 29.7 Å². The molecule has 0 amide bonds. The summed E-state index contributed by atoms with van der Waals surface area (Å²) < 4.78 is 10.9. The maximum absolute atomic E-state index is 11.6. The second kappa shape index (κ2) is 5.95. The van der Waals surface area contributed by atoms with Crippen LogP contribution in [0, 0.1) is 11.8 Å². The fraction of sp³-hybridized carbons (Fsp3) is 0.789. The molecule has 0 N–H and O–H groups in total. The number of nitrogens with zero attached hydrogens (tertiary/aromatic N) is 1. The molecule has 2 saturated carbocycles. The maximum Gasteiger partial charge on any atom is 0.306 e. The summed E-state index contributed by atoms with van der Waals surface area (Å²) in [5, 5.41) is 4.44. The summed E-state index contributed by atoms with van der Waals surface area (Å²) in [6, 6.07) is 0. The second-order valence-corrected chi connectivity index (χ2v) is 8.19. The summed E-state index contributed by atoms with van der Waals surface area (Å²) in [4.78, 5) is 11.6. The predicted molar refractivity (Wildman–Crippen MR) is 86.3 cm³/mol. The molecule has 0 radical (unpaired) electrons. The molecule has 2 aliphatic carbocycles. The highest BCUT2D eigenvalue weighted by molar-refractivity contribution is 5.71. The number of aromatic nitrogens is 1. The number of rotatable bonds is 5. The molecule has 0 unspecified atom stereocenters. The van der Waals surface area contributed by atoms with Gasteiger partial charge in [0.25, 0.3) is 0 Å². The zero-order valence-electron chi connectivity index (χ0n) is 14.2. The van der Waals surface area contributed by atoms with E-state index in [-0.39, 0.29) is 11.9 Å². The van der Waals surface area contributed by atoms with Crippen LogP contribution in [0.25, 0.3) is 0 Å². The third kappa shape index (κ3) is 3.05. The minimum Gasteiger partial charge on any atom is -0.466 e. The minimum atomic E-state index is -0.0896. The van der Waals surface area contributed by atoms with Gasteiger partial charge in [0.2, 0.25) is 0 Å². The number of ether oxygens (including phenoxy) is 1. The van der Waals surface area contributed by atoms with Crippen molar-refractivity contribution in [3.05, 3.63) is 17.0 Å². The topological polar surface area (TPSA) is 52.3 Å². The molecule has 23 heavy (non-hydrogen) atoms. The molecular formula is C19H27NO3. The zero-order chi connectivity index (χ0) is 16.0. The molecule has 0 aromatic carbocycles. The molecule has 1 aromatic rings. The standard InChI is InChI=1S/C19H27NO3/c1-11(2)7-12-8-15(9-12)19-17(13-3-4-13)18(20-23-19)14-5-6-22-16(21)10-14/h11-15H,3-10H2,1-2H3/t12-,14-,15+/m1/s1. The Kier molecular flexibility index (Phi) is 3.94. The third-order valence-corrected chi connectivity index (χ3v) is 5.71. The molecule has 3 aliphatic rings. The van der Waals surface area contributed by atoms with Gasteiger partial charge in [0, 0.05) is 17.4 Å². The van der Waals surface area contributed by atoms with Gasteiger partial charge in [-0.05, 0) is 56.3 Å². The molecule has 0 bridgehead atoms. The van der Waals surface area contributed by atoms with Crippen molar-refractivity contribution in [3.8, 4) is 0 Å². The number of esters is 1. The molecule has 1 aliphatic heterocycles. The fourth-order valence-corrected chi connectivity index (χ4v) is 4.41. The summed E-state index contributed by atoms with van der Waals surface area (Å²) >= 11 is 0. The Bertz CT molecular complexity index is 581. The highest BCUT2D eigenvalue weighted by Gasteiger charge is 2.42. The molecule has 4 rings (SSSR count). The van der Waals surface area contributed by atoms with Crippen LogP contribution < -0.4 is 0 Å². The van der Waals surface area contributed by atoms with Crippen molar-refractivity contribution in [1.29, 1.82) is 0 Å². The lowest BCUT2D eigenvalue weighted by Crippen LogP contribution is -2.24. The molecule has 1 saturated heterocycles. The second-order valence-electron chi connectivity index (χ2n) is 8.19. The Morgan fingerprint density at radius 3 is 2.57 bits per heavy atom. The molecular weight excluding hydrogens is 290 g/mol. The van der Waals surface area contributed by atoms with E-state index in [1.807, 2.05) is 0 Å². The van der Waals surface area contributed by atoms with Crippen molar-refractivity contribution in [2.24, 2.45) is 11.8 Å². The molecule has 4 heteroatoms. The Hall–Kier alpha value is -1.32. The number of hydrogen-bond acceptors (Lipinski definition) is 4. The van der Waals surface area contributed by atoms with Crippen molar-refractivity contribution in [2.75, 3.05) is 6.61 Å². The summed E-state index contributed by atoms with van der Waals surface area (Å²) in [5.41, 5.74) is 2.45. The van der Waals surface area contributed by atoms with Crippen molar-refractivity contribution >= 4 is 5.97 Å². The smallest absolute Gasteiger partial charge is 0.306 e. The van der Waals surface area contributed by atoms with Crippen molar-refractivity contribution < 1.29 is 14.1 Å². The van der Waals surface area contributed by atoms with Crippen LogP contribution in [0.5, 0.6) is 0 Å². The molecule has 0 spiro atoms. The first-order valence-electron chi connectivity index (χ1n) is 9.26. The SMILES string of the molecule is CC(C)C[C@H]1C[C@@H](c2onc([C@@H]3CCOC(=O)C3)c2C2CC2)C1. The van der Waals surface area contributed by atoms with Crippen LogP contribution in [0.1, 0.15) is 93.6 Å². The first-order chi connectivity index (χ1) is 11.1. The molecule has 4 nitrogen and oxygen atoms in total. The van der Waals surface area contributed by atoms with Crippen molar-refractivity contribution in [1.82, 2.24) is 5.16 Å². The quantitative estimate of drug-likeness (QED) is 0.750. The predicted octanol–water partition coefficient (Wildman–Crippen LogP) is 4.51. The lowest BCUT2D eigenvalue weighted by molar-refractivity contribution is -0.147. The van der Waals surface area contributed by atoms with E-state index in [0.29, 0.717) is 24.9 Å². The third-order valence-electron chi connectivity index (χ3n) is 5.71. The van der Waals surface area contributed by atoms with Gasteiger partial charge in [-0.25, -0.2) is 0 Å². The average Bonchev–Trinajstić information content (AvgIpc) is 3.21. The van der Waals surface area contributed by atoms with E-state index < -0.39 is 0 Å². The largest absolute Gasteiger partial charge is 0.466 e. The summed E-state index contributed by atoms with van der Waals surface area (Å²) in [5.74, 6) is 4.10. The van der Waals surface area contributed by atoms with Gasteiger partial charge < -0.3 is 9.26 Å². The number of carbonyl (C=O) groups excluding carboxylic acids is 1. The van der Waals surface area contributed by atoms with Crippen molar-refractivity contribution in [2.45, 2.75) is 76.5 Å². The Labute approximate surface area is 137 Å². The van der Waals surface area contributed by atoms with Crippen LogP contribution in [0.4, 0.5) is 0 Å². The molecule has 126 valence electrons. The first-order valence-corrected chi connectivity index (χ1v) is 9.26. The van der Waals surface area contributed by atoms with Crippen molar-refractivity contribution in [3.63, 3.8) is 0 Å². The van der Waals surface area contributed by atoms with Crippen LogP contribution in [0.15, 0.2) is 4.52 Å².